The number of carbonyl (C=O) groups excluding carboxylic acids is 1. The van der Waals surface area contributed by atoms with Crippen LogP contribution in [-0.2, 0) is 9.59 Å². The molecule has 0 bridgehead atoms. The standard InChI is InChI=1S/C15H21NO4S/c1-5-15(3,14(18)19)16-13(17)10(2)21-12-8-6-11(20-4)7-9-12/h6-10H,5H2,1-4H3,(H,16,17)(H,18,19)/t10-,15+/m1/s1. The molecule has 1 amide bonds. The molecular formula is C15H21NO4S. The average Bonchev–Trinajstić information content (AvgIpc) is 2.47. The van der Waals surface area contributed by atoms with Gasteiger partial charge in [-0.15, -0.1) is 11.8 Å². The number of methoxy groups -OCH3 is 1. The summed E-state index contributed by atoms with van der Waals surface area (Å²) in [7, 11) is 1.59. The number of aliphatic carboxylic acids is 1. The predicted octanol–water partition coefficient (Wildman–Crippen LogP) is 2.55. The van der Waals surface area contributed by atoms with Crippen molar-refractivity contribution in [2.24, 2.45) is 0 Å². The van der Waals surface area contributed by atoms with Gasteiger partial charge >= 0.3 is 5.97 Å². The topological polar surface area (TPSA) is 75.6 Å². The molecule has 1 rings (SSSR count). The number of amides is 1. The molecule has 2 atom stereocenters. The van der Waals surface area contributed by atoms with Gasteiger partial charge in [-0.2, -0.15) is 0 Å². The van der Waals surface area contributed by atoms with Crippen LogP contribution in [0, 0.1) is 0 Å². The number of rotatable bonds is 7. The highest BCUT2D eigenvalue weighted by molar-refractivity contribution is 8.00. The van der Waals surface area contributed by atoms with Crippen molar-refractivity contribution in [1.82, 2.24) is 5.32 Å². The van der Waals surface area contributed by atoms with E-state index < -0.39 is 11.5 Å². The normalized spacial score (nSPS) is 14.9. The highest BCUT2D eigenvalue weighted by Crippen LogP contribution is 2.26. The summed E-state index contributed by atoms with van der Waals surface area (Å²) in [6.45, 7) is 5.00. The number of hydrogen-bond acceptors (Lipinski definition) is 4. The molecule has 5 nitrogen and oxygen atoms in total. The molecule has 0 aromatic heterocycles. The lowest BCUT2D eigenvalue weighted by Crippen LogP contribution is -2.53. The monoisotopic (exact) mass is 311 g/mol. The van der Waals surface area contributed by atoms with Gasteiger partial charge in [0.2, 0.25) is 5.91 Å². The zero-order valence-electron chi connectivity index (χ0n) is 12.7. The third-order valence-corrected chi connectivity index (χ3v) is 4.43. The molecule has 6 heteroatoms. The second-order valence-corrected chi connectivity index (χ2v) is 6.33. The Hall–Kier alpha value is -1.69. The molecule has 0 aliphatic heterocycles. The highest BCUT2D eigenvalue weighted by Gasteiger charge is 2.34. The first-order valence-corrected chi connectivity index (χ1v) is 7.56. The summed E-state index contributed by atoms with van der Waals surface area (Å²) >= 11 is 1.37. The van der Waals surface area contributed by atoms with Crippen LogP contribution in [0.5, 0.6) is 5.75 Å². The maximum Gasteiger partial charge on any atom is 0.329 e. The van der Waals surface area contributed by atoms with E-state index in [2.05, 4.69) is 5.32 Å². The van der Waals surface area contributed by atoms with Gasteiger partial charge in [0.15, 0.2) is 0 Å². The Labute approximate surface area is 129 Å². The van der Waals surface area contributed by atoms with E-state index in [1.807, 2.05) is 24.3 Å². The van der Waals surface area contributed by atoms with Gasteiger partial charge in [0, 0.05) is 4.90 Å². The van der Waals surface area contributed by atoms with Crippen molar-refractivity contribution in [2.75, 3.05) is 7.11 Å². The molecule has 1 aromatic carbocycles. The summed E-state index contributed by atoms with van der Waals surface area (Å²) in [5.41, 5.74) is -1.23. The van der Waals surface area contributed by atoms with Gasteiger partial charge < -0.3 is 15.2 Å². The van der Waals surface area contributed by atoms with E-state index in [0.717, 1.165) is 10.6 Å². The summed E-state index contributed by atoms with van der Waals surface area (Å²) in [5, 5.41) is 11.4. The van der Waals surface area contributed by atoms with Crippen molar-refractivity contribution < 1.29 is 19.4 Å². The number of carbonyl (C=O) groups is 2. The number of thioether (sulfide) groups is 1. The number of carboxylic acids is 1. The number of carboxylic acid groups (broad SMARTS) is 1. The molecule has 21 heavy (non-hydrogen) atoms. The fourth-order valence-corrected chi connectivity index (χ4v) is 2.45. The third kappa shape index (κ3) is 4.67. The number of nitrogens with one attached hydrogen (secondary N) is 1. The van der Waals surface area contributed by atoms with Gasteiger partial charge in [-0.25, -0.2) is 4.79 Å². The molecule has 0 saturated heterocycles. The predicted molar refractivity (Wildman–Crippen MR) is 82.8 cm³/mol. The molecule has 0 aliphatic rings. The molecule has 0 saturated carbocycles. The summed E-state index contributed by atoms with van der Waals surface area (Å²) < 4.78 is 5.07. The molecule has 0 aliphatic carbocycles. The smallest absolute Gasteiger partial charge is 0.329 e. The largest absolute Gasteiger partial charge is 0.497 e. The van der Waals surface area contributed by atoms with Crippen molar-refractivity contribution >= 4 is 23.6 Å². The van der Waals surface area contributed by atoms with Crippen LogP contribution in [0.2, 0.25) is 0 Å². The Morgan fingerprint density at radius 1 is 1.38 bits per heavy atom. The molecule has 2 N–H and O–H groups in total. The van der Waals surface area contributed by atoms with Crippen LogP contribution in [0.25, 0.3) is 0 Å². The molecule has 0 spiro atoms. The number of benzene rings is 1. The summed E-state index contributed by atoms with van der Waals surface area (Å²) in [6, 6.07) is 7.37. The quantitative estimate of drug-likeness (QED) is 0.757. The molecule has 116 valence electrons. The molecule has 0 unspecified atom stereocenters. The van der Waals surface area contributed by atoms with Crippen LogP contribution in [0.15, 0.2) is 29.2 Å². The first-order valence-electron chi connectivity index (χ1n) is 6.68. The molecule has 1 aromatic rings. The lowest BCUT2D eigenvalue weighted by atomic mass is 9.99. The lowest BCUT2D eigenvalue weighted by Gasteiger charge is -2.26. The van der Waals surface area contributed by atoms with Crippen LogP contribution in [0.3, 0.4) is 0 Å². The van der Waals surface area contributed by atoms with E-state index in [9.17, 15) is 14.7 Å². The molecule has 0 radical (unpaired) electrons. The maximum absolute atomic E-state index is 12.1. The highest BCUT2D eigenvalue weighted by atomic mass is 32.2. The third-order valence-electron chi connectivity index (χ3n) is 3.32. The van der Waals surface area contributed by atoms with E-state index in [-0.39, 0.29) is 11.2 Å². The van der Waals surface area contributed by atoms with E-state index in [4.69, 9.17) is 4.74 Å². The Bertz CT molecular complexity index is 503. The lowest BCUT2D eigenvalue weighted by molar-refractivity contribution is -0.146. The van der Waals surface area contributed by atoms with Gasteiger partial charge in [-0.1, -0.05) is 6.92 Å². The first kappa shape index (κ1) is 17.4. The summed E-state index contributed by atoms with van der Waals surface area (Å²) in [4.78, 5) is 24.3. The molecular weight excluding hydrogens is 290 g/mol. The first-order chi connectivity index (χ1) is 9.82. The van der Waals surface area contributed by atoms with Gasteiger partial charge in [0.05, 0.1) is 12.4 Å². The Balaban J connectivity index is 2.67. The zero-order chi connectivity index (χ0) is 16.0. The summed E-state index contributed by atoms with van der Waals surface area (Å²) in [6.07, 6.45) is 0.327. The van der Waals surface area contributed by atoms with Gasteiger partial charge in [0.25, 0.3) is 0 Å². The van der Waals surface area contributed by atoms with Gasteiger partial charge in [0.1, 0.15) is 11.3 Å². The van der Waals surface area contributed by atoms with Crippen LogP contribution in [-0.4, -0.2) is 34.9 Å². The minimum absolute atomic E-state index is 0.289. The van der Waals surface area contributed by atoms with Gasteiger partial charge in [-0.05, 0) is 44.5 Å². The van der Waals surface area contributed by atoms with Crippen LogP contribution in [0.1, 0.15) is 27.2 Å². The van der Waals surface area contributed by atoms with Crippen LogP contribution < -0.4 is 10.1 Å². The number of ether oxygens (including phenoxy) is 1. The van der Waals surface area contributed by atoms with Crippen molar-refractivity contribution in [3.8, 4) is 5.75 Å². The second-order valence-electron chi connectivity index (χ2n) is 4.92. The van der Waals surface area contributed by atoms with Crippen molar-refractivity contribution in [1.29, 1.82) is 0 Å². The SMILES string of the molecule is CC[C@](C)(NC(=O)[C@@H](C)Sc1ccc(OC)cc1)C(=O)O. The maximum atomic E-state index is 12.1. The minimum Gasteiger partial charge on any atom is -0.497 e. The van der Waals surface area contributed by atoms with Crippen molar-refractivity contribution in [3.63, 3.8) is 0 Å². The average molecular weight is 311 g/mol. The van der Waals surface area contributed by atoms with E-state index in [0.29, 0.717) is 6.42 Å². The van der Waals surface area contributed by atoms with Crippen molar-refractivity contribution in [2.45, 2.75) is 42.9 Å². The van der Waals surface area contributed by atoms with Crippen molar-refractivity contribution in [3.05, 3.63) is 24.3 Å². The van der Waals surface area contributed by atoms with E-state index in [1.165, 1.54) is 18.7 Å². The fraction of sp³-hybridized carbons (Fsp3) is 0.467. The second kappa shape index (κ2) is 7.36. The van der Waals surface area contributed by atoms with E-state index >= 15 is 0 Å². The molecule has 0 fully saturated rings. The summed E-state index contributed by atoms with van der Waals surface area (Å²) in [5.74, 6) is -0.566. The Kier molecular flexibility index (Phi) is 6.08. The fourth-order valence-electron chi connectivity index (χ4n) is 1.58. The molecule has 0 heterocycles. The Morgan fingerprint density at radius 2 is 1.95 bits per heavy atom. The zero-order valence-corrected chi connectivity index (χ0v) is 13.5. The number of hydrogen-bond donors (Lipinski definition) is 2. The minimum atomic E-state index is -1.23. The Morgan fingerprint density at radius 3 is 2.38 bits per heavy atom. The van der Waals surface area contributed by atoms with Crippen LogP contribution in [0.4, 0.5) is 0 Å². The van der Waals surface area contributed by atoms with Gasteiger partial charge in [-0.3, -0.25) is 4.79 Å². The van der Waals surface area contributed by atoms with E-state index in [1.54, 1.807) is 21.0 Å². The van der Waals surface area contributed by atoms with Crippen LogP contribution >= 0.6 is 11.8 Å².